The Morgan fingerprint density at radius 1 is 1.18 bits per heavy atom. The molecule has 0 aromatic heterocycles. The Kier molecular flexibility index (Phi) is 7.45. The molecule has 3 rings (SSSR count). The van der Waals surface area contributed by atoms with Crippen LogP contribution in [0.5, 0.6) is 5.75 Å². The Bertz CT molecular complexity index is 1200. The maximum absolute atomic E-state index is 13.2. The number of amides is 3. The Balaban J connectivity index is 1.80. The summed E-state index contributed by atoms with van der Waals surface area (Å²) in [6, 6.07) is 10.1. The number of esters is 1. The minimum atomic E-state index is -4.00. The molecule has 182 valence electrons. The van der Waals surface area contributed by atoms with Gasteiger partial charge in [0.15, 0.2) is 6.10 Å². The van der Waals surface area contributed by atoms with E-state index in [-0.39, 0.29) is 17.0 Å². The van der Waals surface area contributed by atoms with Gasteiger partial charge in [-0.15, -0.1) is 0 Å². The first kappa shape index (κ1) is 25.0. The lowest BCUT2D eigenvalue weighted by Crippen LogP contribution is -2.41. The Labute approximate surface area is 198 Å². The number of nitrogens with zero attached hydrogens (tertiary/aromatic N) is 2. The molecule has 0 aliphatic carbocycles. The number of anilines is 1. The number of carbonyl (C=O) groups is 3. The fourth-order valence-corrected chi connectivity index (χ4v) is 4.60. The molecule has 10 nitrogen and oxygen atoms in total. The minimum absolute atomic E-state index is 0.00620. The summed E-state index contributed by atoms with van der Waals surface area (Å²) in [6.45, 7) is 5.84. The number of urea groups is 1. The van der Waals surface area contributed by atoms with Gasteiger partial charge in [0, 0.05) is 20.1 Å². The van der Waals surface area contributed by atoms with Crippen LogP contribution in [-0.2, 0) is 19.6 Å². The van der Waals surface area contributed by atoms with Crippen LogP contribution in [0.25, 0.3) is 0 Å². The van der Waals surface area contributed by atoms with E-state index in [1.54, 1.807) is 31.2 Å². The van der Waals surface area contributed by atoms with Crippen molar-refractivity contribution < 1.29 is 32.3 Å². The Hall–Kier alpha value is -3.60. The summed E-state index contributed by atoms with van der Waals surface area (Å²) in [4.78, 5) is 37.8. The molecule has 2 aromatic carbocycles. The highest BCUT2D eigenvalue weighted by Crippen LogP contribution is 2.26. The molecule has 0 saturated carbocycles. The number of ether oxygens (including phenoxy) is 2. The third kappa shape index (κ3) is 5.14. The largest absolute Gasteiger partial charge is 0.494 e. The number of imide groups is 1. The van der Waals surface area contributed by atoms with Crippen LogP contribution in [0.2, 0.25) is 0 Å². The Morgan fingerprint density at radius 3 is 2.44 bits per heavy atom. The first-order chi connectivity index (χ1) is 16.1. The van der Waals surface area contributed by atoms with Crippen molar-refractivity contribution in [3.8, 4) is 5.75 Å². The fourth-order valence-electron chi connectivity index (χ4n) is 3.37. The molecule has 11 heteroatoms. The van der Waals surface area contributed by atoms with Gasteiger partial charge in [-0.05, 0) is 62.7 Å². The summed E-state index contributed by atoms with van der Waals surface area (Å²) in [7, 11) is -2.59. The zero-order valence-electron chi connectivity index (χ0n) is 19.4. The maximum atomic E-state index is 13.2. The van der Waals surface area contributed by atoms with Crippen LogP contribution in [-0.4, -0.2) is 64.1 Å². The van der Waals surface area contributed by atoms with Crippen LogP contribution in [0.1, 0.15) is 29.8 Å². The molecular formula is C23H27N3O7S. The van der Waals surface area contributed by atoms with E-state index in [1.807, 2.05) is 6.92 Å². The van der Waals surface area contributed by atoms with Gasteiger partial charge >= 0.3 is 12.0 Å². The van der Waals surface area contributed by atoms with E-state index in [2.05, 4.69) is 5.32 Å². The summed E-state index contributed by atoms with van der Waals surface area (Å²) in [6.07, 6.45) is -1.22. The number of sulfonamides is 1. The molecule has 1 saturated heterocycles. The van der Waals surface area contributed by atoms with Crippen molar-refractivity contribution in [1.82, 2.24) is 10.2 Å². The monoisotopic (exact) mass is 489 g/mol. The molecule has 0 unspecified atom stereocenters. The highest BCUT2D eigenvalue weighted by atomic mass is 32.2. The molecule has 1 atom stereocenters. The summed E-state index contributed by atoms with van der Waals surface area (Å²) in [5.74, 6) is -0.897. The number of nitrogens with one attached hydrogen (secondary N) is 1. The third-order valence-electron chi connectivity index (χ3n) is 5.35. The van der Waals surface area contributed by atoms with Gasteiger partial charge in [-0.1, -0.05) is 6.07 Å². The zero-order valence-corrected chi connectivity index (χ0v) is 20.2. The number of rotatable bonds is 8. The molecule has 1 fully saturated rings. The zero-order chi connectivity index (χ0) is 25.0. The molecule has 0 spiro atoms. The quantitative estimate of drug-likeness (QED) is 0.565. The lowest BCUT2D eigenvalue weighted by atomic mass is 10.1. The Morgan fingerprint density at radius 2 is 1.85 bits per heavy atom. The van der Waals surface area contributed by atoms with E-state index in [4.69, 9.17) is 9.47 Å². The predicted octanol–water partition coefficient (Wildman–Crippen LogP) is 2.32. The average Bonchev–Trinajstić information content (AvgIpc) is 3.24. The van der Waals surface area contributed by atoms with Crippen LogP contribution in [0.4, 0.5) is 10.5 Å². The second-order valence-corrected chi connectivity index (χ2v) is 9.61. The van der Waals surface area contributed by atoms with Crippen molar-refractivity contribution in [3.05, 3.63) is 53.6 Å². The van der Waals surface area contributed by atoms with Crippen molar-refractivity contribution >= 4 is 33.6 Å². The van der Waals surface area contributed by atoms with Gasteiger partial charge in [-0.2, -0.15) is 0 Å². The van der Waals surface area contributed by atoms with E-state index in [9.17, 15) is 22.8 Å². The molecule has 0 bridgehead atoms. The number of benzene rings is 2. The summed E-state index contributed by atoms with van der Waals surface area (Å²) < 4.78 is 38.2. The molecule has 3 amide bonds. The number of hydrogen-bond donors (Lipinski definition) is 1. The van der Waals surface area contributed by atoms with Gasteiger partial charge in [-0.3, -0.25) is 14.0 Å². The maximum Gasteiger partial charge on any atom is 0.339 e. The smallest absolute Gasteiger partial charge is 0.339 e. The number of hydrogen-bond acceptors (Lipinski definition) is 7. The number of aryl methyl sites for hydroxylation is 1. The van der Waals surface area contributed by atoms with E-state index < -0.39 is 34.0 Å². The van der Waals surface area contributed by atoms with Crippen molar-refractivity contribution in [2.24, 2.45) is 0 Å². The summed E-state index contributed by atoms with van der Waals surface area (Å²) >= 11 is 0. The van der Waals surface area contributed by atoms with Crippen molar-refractivity contribution in [2.45, 2.75) is 31.8 Å². The van der Waals surface area contributed by atoms with Crippen LogP contribution >= 0.6 is 0 Å². The molecule has 1 aliphatic rings. The fraction of sp³-hybridized carbons (Fsp3) is 0.348. The molecule has 34 heavy (non-hydrogen) atoms. The van der Waals surface area contributed by atoms with Gasteiger partial charge in [0.2, 0.25) is 0 Å². The van der Waals surface area contributed by atoms with E-state index in [0.717, 1.165) is 9.21 Å². The second-order valence-electron chi connectivity index (χ2n) is 7.65. The standard InChI is InChI=1S/C23H27N3O7S/c1-5-32-18-9-7-17(8-10-18)25(4)34(30,31)19-11-6-15(2)20(14-19)22(28)33-16(3)21(27)26-13-12-24-23(26)29/h6-11,14,16H,5,12-13H2,1-4H3,(H,24,29)/t16-/m0/s1. The molecule has 1 N–H and O–H groups in total. The molecule has 1 aliphatic heterocycles. The van der Waals surface area contributed by atoms with Crippen LogP contribution in [0, 0.1) is 6.92 Å². The van der Waals surface area contributed by atoms with Gasteiger partial charge < -0.3 is 14.8 Å². The van der Waals surface area contributed by atoms with Crippen LogP contribution in [0.15, 0.2) is 47.4 Å². The van der Waals surface area contributed by atoms with E-state index in [0.29, 0.717) is 30.2 Å². The topological polar surface area (TPSA) is 122 Å². The van der Waals surface area contributed by atoms with Crippen LogP contribution in [0.3, 0.4) is 0 Å². The SMILES string of the molecule is CCOc1ccc(N(C)S(=O)(=O)c2ccc(C)c(C(=O)O[C@@H](C)C(=O)N3CCNC3=O)c2)cc1. The summed E-state index contributed by atoms with van der Waals surface area (Å²) in [5, 5.41) is 2.50. The molecular weight excluding hydrogens is 462 g/mol. The lowest BCUT2D eigenvalue weighted by molar-refractivity contribution is -0.136. The highest BCUT2D eigenvalue weighted by Gasteiger charge is 2.32. The van der Waals surface area contributed by atoms with Gasteiger partial charge in [0.1, 0.15) is 5.75 Å². The first-order valence-corrected chi connectivity index (χ1v) is 12.1. The average molecular weight is 490 g/mol. The lowest BCUT2D eigenvalue weighted by Gasteiger charge is -2.21. The minimum Gasteiger partial charge on any atom is -0.494 e. The second kappa shape index (κ2) is 10.1. The van der Waals surface area contributed by atoms with E-state index in [1.165, 1.54) is 32.2 Å². The van der Waals surface area contributed by atoms with Crippen molar-refractivity contribution in [1.29, 1.82) is 0 Å². The van der Waals surface area contributed by atoms with E-state index >= 15 is 0 Å². The number of carbonyl (C=O) groups excluding carboxylic acids is 3. The third-order valence-corrected chi connectivity index (χ3v) is 7.13. The highest BCUT2D eigenvalue weighted by molar-refractivity contribution is 7.92. The van der Waals surface area contributed by atoms with Crippen LogP contribution < -0.4 is 14.4 Å². The molecule has 2 aromatic rings. The predicted molar refractivity (Wildman–Crippen MR) is 124 cm³/mol. The van der Waals surface area contributed by atoms with Crippen molar-refractivity contribution in [3.63, 3.8) is 0 Å². The first-order valence-electron chi connectivity index (χ1n) is 10.7. The molecule has 1 heterocycles. The van der Waals surface area contributed by atoms with Crippen molar-refractivity contribution in [2.75, 3.05) is 31.0 Å². The van der Waals surface area contributed by atoms with Gasteiger partial charge in [-0.25, -0.2) is 18.0 Å². The summed E-state index contributed by atoms with van der Waals surface area (Å²) in [5.41, 5.74) is 0.897. The normalized spacial score (nSPS) is 14.4. The van der Waals surface area contributed by atoms with Gasteiger partial charge in [0.05, 0.1) is 22.8 Å². The van der Waals surface area contributed by atoms with Gasteiger partial charge in [0.25, 0.3) is 15.9 Å². The molecule has 0 radical (unpaired) electrons.